The zero-order valence-electron chi connectivity index (χ0n) is 12.9. The number of hydrogen-bond donors (Lipinski definition) is 1. The van der Waals surface area contributed by atoms with Gasteiger partial charge in [0.25, 0.3) is 0 Å². The molecule has 0 bridgehead atoms. The molecule has 0 amide bonds. The van der Waals surface area contributed by atoms with Gasteiger partial charge < -0.3 is 14.6 Å². The van der Waals surface area contributed by atoms with Gasteiger partial charge in [-0.3, -0.25) is 4.90 Å². The van der Waals surface area contributed by atoms with E-state index in [4.69, 9.17) is 9.47 Å². The van der Waals surface area contributed by atoms with Crippen molar-refractivity contribution in [3.8, 4) is 5.75 Å². The number of halogens is 1. The molecule has 0 aromatic heterocycles. The molecule has 5 heteroatoms. The summed E-state index contributed by atoms with van der Waals surface area (Å²) < 4.78 is 24.7. The number of aliphatic hydroxyl groups excluding tert-OH is 1. The predicted octanol–water partition coefficient (Wildman–Crippen LogP) is 2.37. The molecule has 4 nitrogen and oxygen atoms in total. The van der Waals surface area contributed by atoms with Gasteiger partial charge in [0.05, 0.1) is 31.0 Å². The van der Waals surface area contributed by atoms with E-state index in [9.17, 15) is 9.50 Å². The lowest BCUT2D eigenvalue weighted by Gasteiger charge is -2.35. The first kappa shape index (κ1) is 16.2. The SMILES string of the molecule is COc1cccc(F)c1C(O)CCN1CC(C)OC(C)C1. The van der Waals surface area contributed by atoms with Crippen molar-refractivity contribution < 1.29 is 19.0 Å². The number of aliphatic hydroxyl groups is 1. The topological polar surface area (TPSA) is 41.9 Å². The van der Waals surface area contributed by atoms with Crippen LogP contribution in [0.25, 0.3) is 0 Å². The van der Waals surface area contributed by atoms with Gasteiger partial charge >= 0.3 is 0 Å². The van der Waals surface area contributed by atoms with Crippen molar-refractivity contribution in [2.45, 2.75) is 38.6 Å². The van der Waals surface area contributed by atoms with Crippen molar-refractivity contribution in [3.63, 3.8) is 0 Å². The number of morpholine rings is 1. The number of benzene rings is 1. The molecule has 3 unspecified atom stereocenters. The molecule has 21 heavy (non-hydrogen) atoms. The highest BCUT2D eigenvalue weighted by Gasteiger charge is 2.24. The van der Waals surface area contributed by atoms with Crippen molar-refractivity contribution in [1.29, 1.82) is 0 Å². The standard InChI is InChI=1S/C16H24FNO3/c1-11-9-18(10-12(2)21-11)8-7-14(19)16-13(17)5-4-6-15(16)20-3/h4-6,11-12,14,19H,7-10H2,1-3H3. The quantitative estimate of drug-likeness (QED) is 0.906. The van der Waals surface area contributed by atoms with Gasteiger partial charge in [0.15, 0.2) is 0 Å². The molecular formula is C16H24FNO3. The molecule has 1 aromatic rings. The number of methoxy groups -OCH3 is 1. The molecule has 0 spiro atoms. The molecule has 1 aliphatic rings. The normalized spacial score (nSPS) is 24.8. The highest BCUT2D eigenvalue weighted by molar-refractivity contribution is 5.36. The third kappa shape index (κ3) is 4.15. The fourth-order valence-electron chi connectivity index (χ4n) is 2.93. The highest BCUT2D eigenvalue weighted by atomic mass is 19.1. The van der Waals surface area contributed by atoms with Crippen molar-refractivity contribution in [2.24, 2.45) is 0 Å². The van der Waals surface area contributed by atoms with E-state index >= 15 is 0 Å². The van der Waals surface area contributed by atoms with Crippen LogP contribution < -0.4 is 4.74 Å². The van der Waals surface area contributed by atoms with E-state index in [1.807, 2.05) is 13.8 Å². The van der Waals surface area contributed by atoms with Crippen LogP contribution in [0.2, 0.25) is 0 Å². The number of hydrogen-bond acceptors (Lipinski definition) is 4. The average molecular weight is 297 g/mol. The second-order valence-corrected chi connectivity index (χ2v) is 5.68. The maximum Gasteiger partial charge on any atom is 0.132 e. The molecule has 1 aliphatic heterocycles. The smallest absolute Gasteiger partial charge is 0.132 e. The number of nitrogens with zero attached hydrogens (tertiary/aromatic N) is 1. The maximum absolute atomic E-state index is 13.9. The van der Waals surface area contributed by atoms with Crippen LogP contribution in [0.1, 0.15) is 31.9 Å². The van der Waals surface area contributed by atoms with Gasteiger partial charge in [-0.05, 0) is 32.4 Å². The van der Waals surface area contributed by atoms with Crippen molar-refractivity contribution in [2.75, 3.05) is 26.7 Å². The van der Waals surface area contributed by atoms with Gasteiger partial charge in [0.2, 0.25) is 0 Å². The molecule has 1 aromatic carbocycles. The fraction of sp³-hybridized carbons (Fsp3) is 0.625. The summed E-state index contributed by atoms with van der Waals surface area (Å²) in [6.07, 6.45) is -0.0195. The van der Waals surface area contributed by atoms with Crippen LogP contribution in [0.4, 0.5) is 4.39 Å². The zero-order chi connectivity index (χ0) is 15.4. The lowest BCUT2D eigenvalue weighted by atomic mass is 10.0. The van der Waals surface area contributed by atoms with E-state index < -0.39 is 11.9 Å². The van der Waals surface area contributed by atoms with Crippen LogP contribution in [0.5, 0.6) is 5.75 Å². The minimum Gasteiger partial charge on any atom is -0.496 e. The maximum atomic E-state index is 13.9. The zero-order valence-corrected chi connectivity index (χ0v) is 12.9. The monoisotopic (exact) mass is 297 g/mol. The van der Waals surface area contributed by atoms with E-state index in [0.29, 0.717) is 18.7 Å². The van der Waals surface area contributed by atoms with Gasteiger partial charge in [-0.2, -0.15) is 0 Å². The Labute approximate surface area is 125 Å². The fourth-order valence-corrected chi connectivity index (χ4v) is 2.93. The Bertz CT molecular complexity index is 459. The predicted molar refractivity (Wildman–Crippen MR) is 79.0 cm³/mol. The van der Waals surface area contributed by atoms with Gasteiger partial charge in [-0.1, -0.05) is 6.07 Å². The summed E-state index contributed by atoms with van der Waals surface area (Å²) in [6, 6.07) is 4.59. The lowest BCUT2D eigenvalue weighted by molar-refractivity contribution is -0.0703. The third-order valence-electron chi connectivity index (χ3n) is 3.78. The van der Waals surface area contributed by atoms with Gasteiger partial charge in [-0.15, -0.1) is 0 Å². The van der Waals surface area contributed by atoms with E-state index in [2.05, 4.69) is 4.90 Å². The Balaban J connectivity index is 1.97. The minimum atomic E-state index is -0.866. The van der Waals surface area contributed by atoms with Crippen molar-refractivity contribution in [1.82, 2.24) is 4.90 Å². The summed E-state index contributed by atoms with van der Waals surface area (Å²) in [5, 5.41) is 10.3. The Morgan fingerprint density at radius 3 is 2.67 bits per heavy atom. The van der Waals surface area contributed by atoms with Crippen LogP contribution in [-0.2, 0) is 4.74 Å². The van der Waals surface area contributed by atoms with Crippen LogP contribution in [0, 0.1) is 5.82 Å². The molecule has 1 N–H and O–H groups in total. The summed E-state index contributed by atoms with van der Waals surface area (Å²) in [4.78, 5) is 2.25. The molecule has 0 saturated carbocycles. The van der Waals surface area contributed by atoms with E-state index in [1.165, 1.54) is 13.2 Å². The molecule has 0 radical (unpaired) electrons. The molecular weight excluding hydrogens is 273 g/mol. The molecule has 1 saturated heterocycles. The van der Waals surface area contributed by atoms with E-state index in [-0.39, 0.29) is 17.8 Å². The second kappa shape index (κ2) is 7.20. The van der Waals surface area contributed by atoms with Crippen LogP contribution in [0.15, 0.2) is 18.2 Å². The second-order valence-electron chi connectivity index (χ2n) is 5.68. The summed E-state index contributed by atoms with van der Waals surface area (Å²) >= 11 is 0. The third-order valence-corrected chi connectivity index (χ3v) is 3.78. The van der Waals surface area contributed by atoms with Gasteiger partial charge in [-0.25, -0.2) is 4.39 Å². The number of rotatable bonds is 5. The largest absolute Gasteiger partial charge is 0.496 e. The van der Waals surface area contributed by atoms with Crippen LogP contribution in [0.3, 0.4) is 0 Å². The first-order chi connectivity index (χ1) is 10.0. The molecule has 1 heterocycles. The van der Waals surface area contributed by atoms with Gasteiger partial charge in [0, 0.05) is 19.6 Å². The Morgan fingerprint density at radius 1 is 1.38 bits per heavy atom. The van der Waals surface area contributed by atoms with Gasteiger partial charge in [0.1, 0.15) is 11.6 Å². The van der Waals surface area contributed by atoms with Crippen molar-refractivity contribution >= 4 is 0 Å². The first-order valence-corrected chi connectivity index (χ1v) is 7.39. The summed E-state index contributed by atoms with van der Waals surface area (Å²) in [5.74, 6) is -0.0308. The summed E-state index contributed by atoms with van der Waals surface area (Å²) in [7, 11) is 1.48. The lowest BCUT2D eigenvalue weighted by Crippen LogP contribution is -2.45. The summed E-state index contributed by atoms with van der Waals surface area (Å²) in [6.45, 7) is 6.46. The molecule has 1 fully saturated rings. The molecule has 3 atom stereocenters. The highest BCUT2D eigenvalue weighted by Crippen LogP contribution is 2.30. The molecule has 2 rings (SSSR count). The molecule has 118 valence electrons. The first-order valence-electron chi connectivity index (χ1n) is 7.39. The Morgan fingerprint density at radius 2 is 2.05 bits per heavy atom. The van der Waals surface area contributed by atoms with E-state index in [1.54, 1.807) is 12.1 Å². The van der Waals surface area contributed by atoms with Crippen LogP contribution in [-0.4, -0.2) is 49.0 Å². The average Bonchev–Trinajstić information content (AvgIpc) is 2.43. The minimum absolute atomic E-state index is 0.189. The van der Waals surface area contributed by atoms with E-state index in [0.717, 1.165) is 13.1 Å². The molecule has 0 aliphatic carbocycles. The Hall–Kier alpha value is -1.17. The summed E-state index contributed by atoms with van der Waals surface area (Å²) in [5.41, 5.74) is 0.245. The Kier molecular flexibility index (Phi) is 5.56. The number of ether oxygens (including phenoxy) is 2. The van der Waals surface area contributed by atoms with Crippen molar-refractivity contribution in [3.05, 3.63) is 29.6 Å². The van der Waals surface area contributed by atoms with Crippen LogP contribution >= 0.6 is 0 Å².